The number of rotatable bonds is 7. The summed E-state index contributed by atoms with van der Waals surface area (Å²) in [6, 6.07) is 5.86. The van der Waals surface area contributed by atoms with Crippen molar-refractivity contribution in [2.45, 2.75) is 13.8 Å². The zero-order chi connectivity index (χ0) is 15.0. The molecular weight excluding hydrogens is 263 g/mol. The molecule has 6 heteroatoms. The van der Waals surface area contributed by atoms with Crippen molar-refractivity contribution >= 4 is 11.8 Å². The molecule has 0 aliphatic rings. The minimum Gasteiger partial charge on any atom is -0.481 e. The molecule has 0 heterocycles. The largest absolute Gasteiger partial charge is 0.481 e. The van der Waals surface area contributed by atoms with E-state index >= 15 is 0 Å². The third kappa shape index (κ3) is 4.87. The molecular formula is C14H19FN2O3. The highest BCUT2D eigenvalue weighted by Gasteiger charge is 2.16. The number of nitrogens with zero attached hydrogens (tertiary/aromatic N) is 1. The summed E-state index contributed by atoms with van der Waals surface area (Å²) >= 11 is 0. The van der Waals surface area contributed by atoms with Gasteiger partial charge in [-0.05, 0) is 26.0 Å². The quantitative estimate of drug-likeness (QED) is 0.817. The zero-order valence-electron chi connectivity index (χ0n) is 11.7. The van der Waals surface area contributed by atoms with E-state index in [-0.39, 0.29) is 30.7 Å². The summed E-state index contributed by atoms with van der Waals surface area (Å²) in [5.41, 5.74) is 0. The molecule has 5 nitrogen and oxygen atoms in total. The number of hydrogen-bond donors (Lipinski definition) is 1. The highest BCUT2D eigenvalue weighted by molar-refractivity contribution is 5.85. The molecule has 1 rings (SSSR count). The average Bonchev–Trinajstić information content (AvgIpc) is 2.44. The topological polar surface area (TPSA) is 58.6 Å². The van der Waals surface area contributed by atoms with Crippen LogP contribution in [0.4, 0.5) is 4.39 Å². The summed E-state index contributed by atoms with van der Waals surface area (Å²) in [6.45, 7) is 4.14. The van der Waals surface area contributed by atoms with Gasteiger partial charge >= 0.3 is 0 Å². The number of ether oxygens (including phenoxy) is 1. The molecule has 0 aliphatic carbocycles. The minimum atomic E-state index is -0.521. The van der Waals surface area contributed by atoms with Crippen LogP contribution >= 0.6 is 0 Å². The number of nitrogens with one attached hydrogen (secondary N) is 1. The first-order valence-corrected chi connectivity index (χ1v) is 6.50. The van der Waals surface area contributed by atoms with Gasteiger partial charge < -0.3 is 15.0 Å². The predicted octanol–water partition coefficient (Wildman–Crippen LogP) is 1.19. The standard InChI is InChI=1S/C14H19FN2O3/c1-3-16-13(18)9-17(4-2)14(19)10-20-12-8-6-5-7-11(12)15/h5-8H,3-4,9-10H2,1-2H3,(H,16,18). The lowest BCUT2D eigenvalue weighted by atomic mass is 10.3. The Bertz CT molecular complexity index is 465. The second-order valence-corrected chi connectivity index (χ2v) is 4.08. The van der Waals surface area contributed by atoms with Crippen LogP contribution < -0.4 is 10.1 Å². The molecule has 2 amide bonds. The first-order chi connectivity index (χ1) is 9.58. The molecule has 0 saturated carbocycles. The van der Waals surface area contributed by atoms with Crippen LogP contribution in [0.3, 0.4) is 0 Å². The van der Waals surface area contributed by atoms with Gasteiger partial charge in [0.25, 0.3) is 5.91 Å². The number of amides is 2. The van der Waals surface area contributed by atoms with Crippen molar-refractivity contribution in [2.24, 2.45) is 0 Å². The molecule has 20 heavy (non-hydrogen) atoms. The summed E-state index contributed by atoms with van der Waals surface area (Å²) in [7, 11) is 0. The van der Waals surface area contributed by atoms with Gasteiger partial charge in [-0.1, -0.05) is 12.1 Å². The molecule has 0 atom stereocenters. The lowest BCUT2D eigenvalue weighted by Crippen LogP contribution is -2.42. The third-order valence-corrected chi connectivity index (χ3v) is 2.63. The molecule has 0 radical (unpaired) electrons. The number of carbonyl (C=O) groups is 2. The fraction of sp³-hybridized carbons (Fsp3) is 0.429. The molecule has 0 bridgehead atoms. The Labute approximate surface area is 117 Å². The summed E-state index contributed by atoms with van der Waals surface area (Å²) in [6.07, 6.45) is 0. The first kappa shape index (κ1) is 15.9. The molecule has 0 unspecified atom stereocenters. The van der Waals surface area contributed by atoms with Crippen LogP contribution in [0.1, 0.15) is 13.8 Å². The fourth-order valence-electron chi connectivity index (χ4n) is 1.60. The van der Waals surface area contributed by atoms with Gasteiger partial charge in [0.2, 0.25) is 5.91 Å². The van der Waals surface area contributed by atoms with E-state index in [0.717, 1.165) is 0 Å². The lowest BCUT2D eigenvalue weighted by Gasteiger charge is -2.20. The second-order valence-electron chi connectivity index (χ2n) is 4.08. The van der Waals surface area contributed by atoms with E-state index in [4.69, 9.17) is 4.74 Å². The van der Waals surface area contributed by atoms with Gasteiger partial charge in [0.1, 0.15) is 0 Å². The number of hydrogen-bond acceptors (Lipinski definition) is 3. The fourth-order valence-corrected chi connectivity index (χ4v) is 1.60. The van der Waals surface area contributed by atoms with Crippen molar-refractivity contribution in [3.8, 4) is 5.75 Å². The van der Waals surface area contributed by atoms with Crippen LogP contribution in [0.2, 0.25) is 0 Å². The van der Waals surface area contributed by atoms with Crippen LogP contribution in [-0.4, -0.2) is 43.0 Å². The highest BCUT2D eigenvalue weighted by atomic mass is 19.1. The number of carbonyl (C=O) groups excluding carboxylic acids is 2. The van der Waals surface area contributed by atoms with E-state index in [2.05, 4.69) is 5.32 Å². The number of benzene rings is 1. The van der Waals surface area contributed by atoms with E-state index < -0.39 is 5.82 Å². The Morgan fingerprint density at radius 3 is 2.60 bits per heavy atom. The summed E-state index contributed by atoms with van der Waals surface area (Å²) in [4.78, 5) is 24.7. The maximum absolute atomic E-state index is 13.3. The molecule has 110 valence electrons. The summed E-state index contributed by atoms with van der Waals surface area (Å²) < 4.78 is 18.4. The van der Waals surface area contributed by atoms with E-state index in [0.29, 0.717) is 13.1 Å². The molecule has 1 aromatic carbocycles. The van der Waals surface area contributed by atoms with Gasteiger partial charge in [0.05, 0.1) is 6.54 Å². The van der Waals surface area contributed by atoms with Gasteiger partial charge in [-0.3, -0.25) is 9.59 Å². The van der Waals surface area contributed by atoms with Crippen molar-refractivity contribution in [3.63, 3.8) is 0 Å². The Balaban J connectivity index is 2.51. The maximum atomic E-state index is 13.3. The molecule has 0 aliphatic heterocycles. The Hall–Kier alpha value is -2.11. The Kier molecular flexibility index (Phi) is 6.49. The van der Waals surface area contributed by atoms with E-state index in [9.17, 15) is 14.0 Å². The van der Waals surface area contributed by atoms with Gasteiger partial charge in [0, 0.05) is 13.1 Å². The molecule has 0 saturated heterocycles. The number of likely N-dealkylation sites (N-methyl/N-ethyl adjacent to an activating group) is 2. The van der Waals surface area contributed by atoms with Crippen molar-refractivity contribution in [2.75, 3.05) is 26.2 Å². The first-order valence-electron chi connectivity index (χ1n) is 6.50. The zero-order valence-corrected chi connectivity index (χ0v) is 11.7. The molecule has 1 aromatic rings. The molecule has 0 aromatic heterocycles. The minimum absolute atomic E-state index is 0.0231. The normalized spacial score (nSPS) is 9.95. The second kappa shape index (κ2) is 8.14. The van der Waals surface area contributed by atoms with Crippen LogP contribution in [0.5, 0.6) is 5.75 Å². The van der Waals surface area contributed by atoms with Gasteiger partial charge in [-0.15, -0.1) is 0 Å². The molecule has 0 fully saturated rings. The van der Waals surface area contributed by atoms with Gasteiger partial charge in [-0.2, -0.15) is 0 Å². The van der Waals surface area contributed by atoms with E-state index in [1.807, 2.05) is 0 Å². The monoisotopic (exact) mass is 282 g/mol. The Morgan fingerprint density at radius 2 is 2.00 bits per heavy atom. The van der Waals surface area contributed by atoms with Crippen LogP contribution in [0.15, 0.2) is 24.3 Å². The molecule has 1 N–H and O–H groups in total. The number of para-hydroxylation sites is 1. The van der Waals surface area contributed by atoms with E-state index in [1.54, 1.807) is 19.9 Å². The molecule has 0 spiro atoms. The van der Waals surface area contributed by atoms with Crippen LogP contribution in [0, 0.1) is 5.82 Å². The highest BCUT2D eigenvalue weighted by Crippen LogP contribution is 2.15. The van der Waals surface area contributed by atoms with Crippen molar-refractivity contribution < 1.29 is 18.7 Å². The predicted molar refractivity (Wildman–Crippen MR) is 72.8 cm³/mol. The van der Waals surface area contributed by atoms with Gasteiger partial charge in [-0.25, -0.2) is 4.39 Å². The number of halogens is 1. The van der Waals surface area contributed by atoms with Crippen molar-refractivity contribution in [1.29, 1.82) is 0 Å². The van der Waals surface area contributed by atoms with Gasteiger partial charge in [0.15, 0.2) is 18.2 Å². The summed E-state index contributed by atoms with van der Waals surface area (Å²) in [5, 5.41) is 2.61. The smallest absolute Gasteiger partial charge is 0.260 e. The maximum Gasteiger partial charge on any atom is 0.260 e. The average molecular weight is 282 g/mol. The summed E-state index contributed by atoms with van der Waals surface area (Å²) in [5.74, 6) is -1.09. The van der Waals surface area contributed by atoms with Crippen LogP contribution in [0.25, 0.3) is 0 Å². The van der Waals surface area contributed by atoms with E-state index in [1.165, 1.54) is 23.1 Å². The SMILES string of the molecule is CCNC(=O)CN(CC)C(=O)COc1ccccc1F. The van der Waals surface area contributed by atoms with Crippen LogP contribution in [-0.2, 0) is 9.59 Å². The van der Waals surface area contributed by atoms with Crippen molar-refractivity contribution in [1.82, 2.24) is 10.2 Å². The third-order valence-electron chi connectivity index (χ3n) is 2.63. The Morgan fingerprint density at radius 1 is 1.30 bits per heavy atom. The lowest BCUT2D eigenvalue weighted by molar-refractivity contribution is -0.137. The van der Waals surface area contributed by atoms with Crippen molar-refractivity contribution in [3.05, 3.63) is 30.1 Å².